The topological polar surface area (TPSA) is 40.6 Å². The summed E-state index contributed by atoms with van der Waals surface area (Å²) in [4.78, 5) is 27.6. The number of hydrogen-bond donors (Lipinski definition) is 0. The molecule has 2 aromatic rings. The lowest BCUT2D eigenvalue weighted by Crippen LogP contribution is -2.26. The number of hydrogen-bond acceptors (Lipinski definition) is 2. The van der Waals surface area contributed by atoms with Gasteiger partial charge in [-0.15, -0.1) is 0 Å². The fourth-order valence-corrected chi connectivity index (χ4v) is 3.05. The van der Waals surface area contributed by atoms with Crippen LogP contribution in [0.2, 0.25) is 0 Å². The number of halogens is 1. The van der Waals surface area contributed by atoms with Crippen LogP contribution in [0.4, 0.5) is 4.39 Å². The van der Waals surface area contributed by atoms with Crippen molar-refractivity contribution >= 4 is 11.8 Å². The van der Waals surface area contributed by atoms with E-state index in [1.54, 1.807) is 36.2 Å². The predicted octanol–water partition coefficient (Wildman–Crippen LogP) is 3.22. The van der Waals surface area contributed by atoms with Crippen molar-refractivity contribution in [2.45, 2.75) is 25.9 Å². The molecule has 1 aliphatic heterocycles. The molecular weight excluding hydrogens is 319 g/mol. The van der Waals surface area contributed by atoms with E-state index in [9.17, 15) is 14.0 Å². The average Bonchev–Trinajstić information content (AvgIpc) is 3.00. The number of likely N-dealkylation sites (tertiary alicyclic amines) is 1. The molecule has 3 rings (SSSR count). The fraction of sp³-hybridized carbons (Fsp3) is 0.300. The SMILES string of the molecule is CN(Cc1cccc(F)c1)C(=O)c1ccc(CN2CCCC2=O)cc1. The van der Waals surface area contributed by atoms with Gasteiger partial charge in [0, 0.05) is 38.7 Å². The molecule has 0 atom stereocenters. The highest BCUT2D eigenvalue weighted by atomic mass is 19.1. The van der Waals surface area contributed by atoms with E-state index in [0.717, 1.165) is 24.1 Å². The summed E-state index contributed by atoms with van der Waals surface area (Å²) in [5.74, 6) is -0.234. The largest absolute Gasteiger partial charge is 0.338 e. The zero-order chi connectivity index (χ0) is 17.8. The van der Waals surface area contributed by atoms with Crippen LogP contribution in [0.15, 0.2) is 48.5 Å². The van der Waals surface area contributed by atoms with Gasteiger partial charge in [-0.05, 0) is 41.8 Å². The molecule has 0 spiro atoms. The molecule has 2 amide bonds. The van der Waals surface area contributed by atoms with Gasteiger partial charge in [-0.1, -0.05) is 24.3 Å². The fourth-order valence-electron chi connectivity index (χ4n) is 3.05. The second-order valence-electron chi connectivity index (χ2n) is 6.41. The van der Waals surface area contributed by atoms with Crippen molar-refractivity contribution in [1.82, 2.24) is 9.80 Å². The molecular formula is C20H21FN2O2. The molecule has 2 aromatic carbocycles. The van der Waals surface area contributed by atoms with Crippen LogP contribution in [-0.2, 0) is 17.9 Å². The summed E-state index contributed by atoms with van der Waals surface area (Å²) >= 11 is 0. The van der Waals surface area contributed by atoms with Crippen molar-refractivity contribution in [2.75, 3.05) is 13.6 Å². The standard InChI is InChI=1S/C20H21FN2O2/c1-22(13-16-4-2-5-18(21)12-16)20(25)17-9-7-15(8-10-17)14-23-11-3-6-19(23)24/h2,4-5,7-10,12H,3,6,11,13-14H2,1H3. The second-order valence-corrected chi connectivity index (χ2v) is 6.41. The lowest BCUT2D eigenvalue weighted by atomic mass is 10.1. The Balaban J connectivity index is 1.62. The smallest absolute Gasteiger partial charge is 0.253 e. The number of carbonyl (C=O) groups is 2. The summed E-state index contributed by atoms with van der Waals surface area (Å²) in [6, 6.07) is 13.6. The van der Waals surface area contributed by atoms with E-state index in [2.05, 4.69) is 0 Å². The first-order chi connectivity index (χ1) is 12.0. The van der Waals surface area contributed by atoms with Crippen molar-refractivity contribution in [1.29, 1.82) is 0 Å². The highest BCUT2D eigenvalue weighted by Gasteiger charge is 2.20. The van der Waals surface area contributed by atoms with Crippen LogP contribution in [-0.4, -0.2) is 35.2 Å². The van der Waals surface area contributed by atoms with Gasteiger partial charge in [0.25, 0.3) is 5.91 Å². The van der Waals surface area contributed by atoms with E-state index in [1.165, 1.54) is 12.1 Å². The Labute approximate surface area is 146 Å². The van der Waals surface area contributed by atoms with E-state index in [-0.39, 0.29) is 17.6 Å². The van der Waals surface area contributed by atoms with Crippen LogP contribution in [0, 0.1) is 5.82 Å². The molecule has 0 aromatic heterocycles. The molecule has 1 fully saturated rings. The Kier molecular flexibility index (Phi) is 5.12. The van der Waals surface area contributed by atoms with Gasteiger partial charge in [0.15, 0.2) is 0 Å². The summed E-state index contributed by atoms with van der Waals surface area (Å²) in [6.07, 6.45) is 1.54. The average molecular weight is 340 g/mol. The van der Waals surface area contributed by atoms with Crippen molar-refractivity contribution in [2.24, 2.45) is 0 Å². The number of benzene rings is 2. The van der Waals surface area contributed by atoms with E-state index in [4.69, 9.17) is 0 Å². The molecule has 0 unspecified atom stereocenters. The third-order valence-electron chi connectivity index (χ3n) is 4.40. The number of amides is 2. The van der Waals surface area contributed by atoms with Crippen LogP contribution in [0.25, 0.3) is 0 Å². The summed E-state index contributed by atoms with van der Waals surface area (Å²) in [5, 5.41) is 0. The zero-order valence-electron chi connectivity index (χ0n) is 14.2. The maximum Gasteiger partial charge on any atom is 0.253 e. The normalized spacial score (nSPS) is 14.0. The summed E-state index contributed by atoms with van der Waals surface area (Å²) in [7, 11) is 1.70. The summed E-state index contributed by atoms with van der Waals surface area (Å²) in [5.41, 5.74) is 2.34. The molecule has 0 saturated carbocycles. The van der Waals surface area contributed by atoms with Gasteiger partial charge in [0.1, 0.15) is 5.82 Å². The van der Waals surface area contributed by atoms with E-state index in [1.807, 2.05) is 17.0 Å². The van der Waals surface area contributed by atoms with Crippen LogP contribution in [0.5, 0.6) is 0 Å². The molecule has 0 aliphatic carbocycles. The Morgan fingerprint density at radius 2 is 1.92 bits per heavy atom. The minimum absolute atomic E-state index is 0.118. The Bertz CT molecular complexity index is 774. The number of nitrogens with zero attached hydrogens (tertiary/aromatic N) is 2. The zero-order valence-corrected chi connectivity index (χ0v) is 14.2. The van der Waals surface area contributed by atoms with Gasteiger partial charge in [0.05, 0.1) is 0 Å². The van der Waals surface area contributed by atoms with Gasteiger partial charge in [-0.25, -0.2) is 4.39 Å². The molecule has 0 bridgehead atoms. The van der Waals surface area contributed by atoms with Gasteiger partial charge in [0.2, 0.25) is 5.91 Å². The molecule has 0 N–H and O–H groups in total. The molecule has 4 nitrogen and oxygen atoms in total. The molecule has 0 radical (unpaired) electrons. The molecule has 1 heterocycles. The first-order valence-electron chi connectivity index (χ1n) is 8.39. The van der Waals surface area contributed by atoms with E-state index in [0.29, 0.717) is 25.1 Å². The van der Waals surface area contributed by atoms with Crippen LogP contribution >= 0.6 is 0 Å². The minimum atomic E-state index is -0.306. The lowest BCUT2D eigenvalue weighted by molar-refractivity contribution is -0.128. The predicted molar refractivity (Wildman–Crippen MR) is 93.3 cm³/mol. The van der Waals surface area contributed by atoms with Gasteiger partial charge >= 0.3 is 0 Å². The number of rotatable bonds is 5. The second kappa shape index (κ2) is 7.47. The summed E-state index contributed by atoms with van der Waals surface area (Å²) < 4.78 is 13.2. The van der Waals surface area contributed by atoms with Gasteiger partial charge in [-0.2, -0.15) is 0 Å². The van der Waals surface area contributed by atoms with Crippen molar-refractivity contribution in [3.8, 4) is 0 Å². The first kappa shape index (κ1) is 17.1. The maximum absolute atomic E-state index is 13.2. The molecule has 25 heavy (non-hydrogen) atoms. The summed E-state index contributed by atoms with van der Waals surface area (Å²) in [6.45, 7) is 1.74. The third kappa shape index (κ3) is 4.24. The molecule has 5 heteroatoms. The maximum atomic E-state index is 13.2. The third-order valence-corrected chi connectivity index (χ3v) is 4.40. The van der Waals surface area contributed by atoms with Crippen LogP contribution in [0.3, 0.4) is 0 Å². The first-order valence-corrected chi connectivity index (χ1v) is 8.39. The minimum Gasteiger partial charge on any atom is -0.338 e. The number of carbonyl (C=O) groups excluding carboxylic acids is 2. The lowest BCUT2D eigenvalue weighted by Gasteiger charge is -2.18. The Hall–Kier alpha value is -2.69. The van der Waals surface area contributed by atoms with Gasteiger partial charge in [-0.3, -0.25) is 9.59 Å². The van der Waals surface area contributed by atoms with Crippen LogP contribution in [0.1, 0.15) is 34.3 Å². The molecule has 130 valence electrons. The Morgan fingerprint density at radius 1 is 1.16 bits per heavy atom. The van der Waals surface area contributed by atoms with Crippen molar-refractivity contribution < 1.29 is 14.0 Å². The Morgan fingerprint density at radius 3 is 2.56 bits per heavy atom. The highest BCUT2D eigenvalue weighted by molar-refractivity contribution is 5.94. The van der Waals surface area contributed by atoms with Crippen molar-refractivity contribution in [3.63, 3.8) is 0 Å². The van der Waals surface area contributed by atoms with Gasteiger partial charge < -0.3 is 9.80 Å². The highest BCUT2D eigenvalue weighted by Crippen LogP contribution is 2.16. The quantitative estimate of drug-likeness (QED) is 0.838. The van der Waals surface area contributed by atoms with E-state index >= 15 is 0 Å². The molecule has 1 aliphatic rings. The monoisotopic (exact) mass is 340 g/mol. The van der Waals surface area contributed by atoms with Crippen LogP contribution < -0.4 is 0 Å². The van der Waals surface area contributed by atoms with Crippen molar-refractivity contribution in [3.05, 3.63) is 71.0 Å². The van der Waals surface area contributed by atoms with E-state index < -0.39 is 0 Å². The molecule has 1 saturated heterocycles.